The summed E-state index contributed by atoms with van der Waals surface area (Å²) in [4.78, 5) is 0. The van der Waals surface area contributed by atoms with Crippen LogP contribution in [0.15, 0.2) is 0 Å². The van der Waals surface area contributed by atoms with Gasteiger partial charge >= 0.3 is 0 Å². The average molecular weight is 181 g/mol. The van der Waals surface area contributed by atoms with Crippen LogP contribution in [0.4, 0.5) is 0 Å². The van der Waals surface area contributed by atoms with E-state index >= 15 is 0 Å². The smallest absolute Gasteiger partial charge is 0.0653 e. The Morgan fingerprint density at radius 3 is 1.92 bits per heavy atom. The normalized spacial score (nSPS) is 14.6. The molecule has 0 aliphatic rings. The molecule has 1 unspecified atom stereocenters. The van der Waals surface area contributed by atoms with Gasteiger partial charge in [0.1, 0.15) is 15.7 Å². The molecule has 0 nitrogen and oxygen atoms in total. The quantitative estimate of drug-likeness (QED) is 0.436. The molecule has 0 saturated heterocycles. The van der Waals surface area contributed by atoms with Crippen molar-refractivity contribution in [1.29, 1.82) is 0 Å². The first-order valence-corrected chi connectivity index (χ1v) is 7.39. The van der Waals surface area contributed by atoms with Gasteiger partial charge in [-0.15, -0.1) is 0 Å². The predicted molar refractivity (Wildman–Crippen MR) is 63.1 cm³/mol. The maximum Gasteiger partial charge on any atom is 0.126 e. The van der Waals surface area contributed by atoms with E-state index in [1.165, 1.54) is 18.7 Å². The Labute approximate surface area is 81.0 Å². The average Bonchev–Trinajstić information content (AvgIpc) is 2.09. The first kappa shape index (κ1) is 12.6. The monoisotopic (exact) mass is 181 g/mol. The minimum absolute atomic E-state index is 0.391. The topological polar surface area (TPSA) is 0 Å². The highest BCUT2D eigenvalue weighted by Crippen LogP contribution is 2.61. The van der Waals surface area contributed by atoms with Crippen LogP contribution in [-0.2, 0) is 0 Å². The van der Waals surface area contributed by atoms with Crippen LogP contribution in [0.25, 0.3) is 0 Å². The molecule has 0 aromatic rings. The van der Waals surface area contributed by atoms with Gasteiger partial charge in [-0.05, 0) is 27.5 Å². The van der Waals surface area contributed by atoms with Gasteiger partial charge < -0.3 is 0 Å². The summed E-state index contributed by atoms with van der Waals surface area (Å²) < 4.78 is 0. The fraction of sp³-hybridized carbons (Fsp3) is 1.00. The van der Waals surface area contributed by atoms with Crippen molar-refractivity contribution < 1.29 is 0 Å². The molecule has 0 aromatic heterocycles. The SMILES string of the molecule is [B]C[P+](CC)(CC)C([B])CCC. The summed E-state index contributed by atoms with van der Waals surface area (Å²) in [7, 11) is 11.0. The van der Waals surface area contributed by atoms with E-state index in [2.05, 4.69) is 20.8 Å². The molecule has 0 fully saturated rings. The maximum absolute atomic E-state index is 6.16. The summed E-state index contributed by atoms with van der Waals surface area (Å²) in [6.45, 7) is 6.66. The summed E-state index contributed by atoms with van der Waals surface area (Å²) in [5, 5.41) is 0. The van der Waals surface area contributed by atoms with Crippen molar-refractivity contribution in [3.05, 3.63) is 0 Å². The molecule has 0 rings (SSSR count). The molecule has 0 aliphatic heterocycles. The number of rotatable bonds is 6. The highest BCUT2D eigenvalue weighted by atomic mass is 31.2. The number of hydrogen-bond acceptors (Lipinski definition) is 0. The third kappa shape index (κ3) is 2.80. The Balaban J connectivity index is 4.24. The molecule has 0 amide bonds. The van der Waals surface area contributed by atoms with E-state index < -0.39 is 7.26 Å². The fourth-order valence-corrected chi connectivity index (χ4v) is 4.63. The largest absolute Gasteiger partial charge is 0.126 e. The van der Waals surface area contributed by atoms with Crippen LogP contribution in [0.3, 0.4) is 0 Å². The fourth-order valence-electron chi connectivity index (χ4n) is 1.66. The van der Waals surface area contributed by atoms with Gasteiger partial charge in [0.2, 0.25) is 0 Å². The lowest BCUT2D eigenvalue weighted by atomic mass is 10.00. The zero-order chi connectivity index (χ0) is 9.61. The Morgan fingerprint density at radius 2 is 1.67 bits per heavy atom. The zero-order valence-corrected chi connectivity index (χ0v) is 9.61. The van der Waals surface area contributed by atoms with Crippen LogP contribution in [-0.4, -0.2) is 39.6 Å². The van der Waals surface area contributed by atoms with Crippen LogP contribution in [0.2, 0.25) is 0 Å². The minimum atomic E-state index is -0.991. The summed E-state index contributed by atoms with van der Waals surface area (Å²) in [5.41, 5.74) is 0.391. The highest BCUT2D eigenvalue weighted by Gasteiger charge is 2.35. The highest BCUT2D eigenvalue weighted by molar-refractivity contribution is 7.78. The summed E-state index contributed by atoms with van der Waals surface area (Å²) in [6, 6.07) is 0.834. The van der Waals surface area contributed by atoms with E-state index in [4.69, 9.17) is 15.7 Å². The second kappa shape index (κ2) is 6.08. The van der Waals surface area contributed by atoms with E-state index in [1.54, 1.807) is 0 Å². The lowest BCUT2D eigenvalue weighted by Gasteiger charge is -2.31. The first-order chi connectivity index (χ1) is 5.66. The van der Waals surface area contributed by atoms with Gasteiger partial charge in [-0.25, -0.2) is 0 Å². The molecule has 0 spiro atoms. The lowest BCUT2D eigenvalue weighted by molar-refractivity contribution is 0.849. The molecular formula is C9H20B2P+. The van der Waals surface area contributed by atoms with Gasteiger partial charge in [-0.1, -0.05) is 13.3 Å². The van der Waals surface area contributed by atoms with Crippen molar-refractivity contribution in [3.63, 3.8) is 0 Å². The van der Waals surface area contributed by atoms with Crippen LogP contribution in [0.1, 0.15) is 33.6 Å². The predicted octanol–water partition coefficient (Wildman–Crippen LogP) is 2.46. The number of hydrogen-bond donors (Lipinski definition) is 0. The second-order valence-corrected chi connectivity index (χ2v) is 8.12. The summed E-state index contributed by atoms with van der Waals surface area (Å²) >= 11 is 0. The molecule has 66 valence electrons. The Morgan fingerprint density at radius 1 is 1.17 bits per heavy atom. The van der Waals surface area contributed by atoms with Gasteiger partial charge in [0.15, 0.2) is 0 Å². The van der Waals surface area contributed by atoms with E-state index in [1.807, 2.05) is 0 Å². The molecule has 0 heterocycles. The third-order valence-corrected chi connectivity index (χ3v) is 7.82. The van der Waals surface area contributed by atoms with E-state index in [-0.39, 0.29) is 0 Å². The molecule has 0 aromatic carbocycles. The summed E-state index contributed by atoms with van der Waals surface area (Å²) in [5.74, 6) is 0. The Hall–Kier alpha value is 0.560. The second-order valence-electron chi connectivity index (χ2n) is 3.39. The summed E-state index contributed by atoms with van der Waals surface area (Å²) in [6.07, 6.45) is 4.75. The van der Waals surface area contributed by atoms with E-state index in [9.17, 15) is 0 Å². The van der Waals surface area contributed by atoms with Gasteiger partial charge in [-0.2, -0.15) is 0 Å². The molecule has 0 bridgehead atoms. The van der Waals surface area contributed by atoms with Gasteiger partial charge in [0, 0.05) is 11.6 Å². The Kier molecular flexibility index (Phi) is 6.36. The van der Waals surface area contributed by atoms with Crippen molar-refractivity contribution in [1.82, 2.24) is 0 Å². The van der Waals surface area contributed by atoms with Crippen LogP contribution >= 0.6 is 7.26 Å². The molecule has 12 heavy (non-hydrogen) atoms. The molecule has 0 saturated carbocycles. The van der Waals surface area contributed by atoms with Crippen molar-refractivity contribution in [2.45, 2.75) is 39.2 Å². The van der Waals surface area contributed by atoms with Crippen LogP contribution in [0, 0.1) is 0 Å². The zero-order valence-electron chi connectivity index (χ0n) is 8.71. The third-order valence-electron chi connectivity index (χ3n) is 2.91. The minimum Gasteiger partial charge on any atom is -0.0653 e. The molecule has 0 aliphatic carbocycles. The standard InChI is InChI=1S/C9H20B2P/c1-4-7-9(11)12(5-2,6-3)8-10/h9H,4-8H2,1-3H3/q+1. The van der Waals surface area contributed by atoms with Crippen molar-refractivity contribution in [2.24, 2.45) is 0 Å². The molecule has 0 N–H and O–H groups in total. The van der Waals surface area contributed by atoms with Gasteiger partial charge in [-0.3, -0.25) is 0 Å². The van der Waals surface area contributed by atoms with Crippen LogP contribution < -0.4 is 0 Å². The molecule has 1 atom stereocenters. The maximum atomic E-state index is 6.16. The Bertz CT molecular complexity index is 105. The van der Waals surface area contributed by atoms with E-state index in [0.29, 0.717) is 5.56 Å². The lowest BCUT2D eigenvalue weighted by Crippen LogP contribution is -2.20. The molecule has 3 heteroatoms. The first-order valence-electron chi connectivity index (χ1n) is 4.98. The van der Waals surface area contributed by atoms with Gasteiger partial charge in [0.25, 0.3) is 0 Å². The van der Waals surface area contributed by atoms with E-state index in [0.717, 1.165) is 12.5 Å². The van der Waals surface area contributed by atoms with Crippen LogP contribution in [0.5, 0.6) is 0 Å². The van der Waals surface area contributed by atoms with Crippen molar-refractivity contribution in [3.8, 4) is 0 Å². The van der Waals surface area contributed by atoms with Crippen molar-refractivity contribution in [2.75, 3.05) is 18.4 Å². The van der Waals surface area contributed by atoms with Gasteiger partial charge in [0.05, 0.1) is 12.3 Å². The van der Waals surface area contributed by atoms with Crippen molar-refractivity contribution >= 4 is 23.0 Å². The molecular weight excluding hydrogens is 161 g/mol. The molecule has 4 radical (unpaired) electrons.